The summed E-state index contributed by atoms with van der Waals surface area (Å²) in [4.78, 5) is 12.0. The third kappa shape index (κ3) is 2.26. The Bertz CT molecular complexity index is 760. The molecule has 0 atom stereocenters. The lowest BCUT2D eigenvalue weighted by Gasteiger charge is -2.09. The number of nitrogen functional groups attached to an aromatic ring is 1. The molecule has 0 saturated carbocycles. The molecule has 0 aliphatic heterocycles. The van der Waals surface area contributed by atoms with Gasteiger partial charge in [0.15, 0.2) is 5.82 Å². The molecule has 3 rings (SSSR count). The molecule has 3 aromatic rings. The van der Waals surface area contributed by atoms with Crippen LogP contribution in [0, 0.1) is 0 Å². The maximum Gasteiger partial charge on any atom is 0.324 e. The van der Waals surface area contributed by atoms with Crippen molar-refractivity contribution in [3.05, 3.63) is 48.7 Å². The monoisotopic (exact) mass is 267 g/mol. The van der Waals surface area contributed by atoms with E-state index in [1.807, 2.05) is 42.5 Å². The Hall–Kier alpha value is -3.02. The zero-order valence-corrected chi connectivity index (χ0v) is 10.6. The number of nitrogens with one attached hydrogen (secondary N) is 3. The highest BCUT2D eigenvalue weighted by atomic mass is 16.2. The van der Waals surface area contributed by atoms with Gasteiger partial charge in [-0.3, -0.25) is 10.4 Å². The van der Waals surface area contributed by atoms with Crippen LogP contribution in [0.3, 0.4) is 0 Å². The van der Waals surface area contributed by atoms with E-state index in [0.29, 0.717) is 11.5 Å². The van der Waals surface area contributed by atoms with Crippen LogP contribution in [-0.4, -0.2) is 16.2 Å². The molecule has 0 fully saturated rings. The average molecular weight is 267 g/mol. The second-order valence-corrected chi connectivity index (χ2v) is 4.31. The number of anilines is 3. The zero-order valence-electron chi connectivity index (χ0n) is 10.6. The van der Waals surface area contributed by atoms with Gasteiger partial charge in [-0.2, -0.15) is 5.10 Å². The number of H-pyrrole nitrogens is 1. The largest absolute Gasteiger partial charge is 0.394 e. The zero-order chi connectivity index (χ0) is 13.9. The second-order valence-electron chi connectivity index (χ2n) is 4.31. The normalized spacial score (nSPS) is 10.4. The summed E-state index contributed by atoms with van der Waals surface area (Å²) in [7, 11) is 0. The Morgan fingerprint density at radius 3 is 2.70 bits per heavy atom. The first-order chi connectivity index (χ1) is 9.74. The molecule has 20 heavy (non-hydrogen) atoms. The summed E-state index contributed by atoms with van der Waals surface area (Å²) in [6, 6.07) is 13.2. The number of urea groups is 1. The van der Waals surface area contributed by atoms with Gasteiger partial charge in [0.05, 0.1) is 17.6 Å². The van der Waals surface area contributed by atoms with E-state index >= 15 is 0 Å². The predicted molar refractivity (Wildman–Crippen MR) is 79.6 cm³/mol. The minimum Gasteiger partial charge on any atom is -0.394 e. The summed E-state index contributed by atoms with van der Waals surface area (Å²) in [5.41, 5.74) is 6.76. The first-order valence-electron chi connectivity index (χ1n) is 6.08. The number of carbonyl (C=O) groups excluding carboxylic acids is 1. The molecule has 0 bridgehead atoms. The number of aromatic nitrogens is 2. The van der Waals surface area contributed by atoms with Crippen LogP contribution in [0.1, 0.15) is 0 Å². The first-order valence-corrected chi connectivity index (χ1v) is 6.08. The van der Waals surface area contributed by atoms with Crippen LogP contribution in [0.2, 0.25) is 0 Å². The van der Waals surface area contributed by atoms with Crippen molar-refractivity contribution in [3.63, 3.8) is 0 Å². The number of benzene rings is 2. The van der Waals surface area contributed by atoms with Gasteiger partial charge < -0.3 is 11.1 Å². The van der Waals surface area contributed by atoms with Gasteiger partial charge in [-0.1, -0.05) is 36.4 Å². The van der Waals surface area contributed by atoms with Crippen LogP contribution < -0.4 is 16.4 Å². The van der Waals surface area contributed by atoms with Gasteiger partial charge in [0.2, 0.25) is 0 Å². The smallest absolute Gasteiger partial charge is 0.324 e. The van der Waals surface area contributed by atoms with E-state index in [9.17, 15) is 4.79 Å². The minimum absolute atomic E-state index is 0.377. The molecule has 0 unspecified atom stereocenters. The van der Waals surface area contributed by atoms with Crippen LogP contribution in [-0.2, 0) is 0 Å². The third-order valence-corrected chi connectivity index (χ3v) is 2.95. The Morgan fingerprint density at radius 1 is 1.10 bits per heavy atom. The molecule has 0 saturated heterocycles. The van der Waals surface area contributed by atoms with Gasteiger partial charge in [0.25, 0.3) is 0 Å². The lowest BCUT2D eigenvalue weighted by molar-refractivity contribution is 0.262. The molecule has 6 heteroatoms. The molecule has 2 aromatic carbocycles. The van der Waals surface area contributed by atoms with Crippen LogP contribution in [0.4, 0.5) is 22.0 Å². The topological polar surface area (TPSA) is 95.8 Å². The molecule has 0 aliphatic rings. The number of nitrogens with zero attached hydrogens (tertiary/aromatic N) is 1. The summed E-state index contributed by atoms with van der Waals surface area (Å²) in [5.74, 6) is 0.378. The number of aromatic amines is 1. The fourth-order valence-corrected chi connectivity index (χ4v) is 2.00. The molecule has 6 nitrogen and oxygen atoms in total. The fourth-order valence-electron chi connectivity index (χ4n) is 2.00. The maximum absolute atomic E-state index is 12.0. The van der Waals surface area contributed by atoms with Gasteiger partial charge >= 0.3 is 6.03 Å². The maximum atomic E-state index is 12.0. The fraction of sp³-hybridized carbons (Fsp3) is 0. The number of hydrogen-bond donors (Lipinski definition) is 4. The Labute approximate surface area is 115 Å². The highest BCUT2D eigenvalue weighted by Gasteiger charge is 2.08. The summed E-state index contributed by atoms with van der Waals surface area (Å²) in [6.07, 6.45) is 1.44. The predicted octanol–water partition coefficient (Wildman–Crippen LogP) is 2.79. The van der Waals surface area contributed by atoms with E-state index < -0.39 is 0 Å². The van der Waals surface area contributed by atoms with E-state index in [1.54, 1.807) is 0 Å². The van der Waals surface area contributed by atoms with Gasteiger partial charge in [-0.05, 0) is 11.5 Å². The Kier molecular flexibility index (Phi) is 2.96. The average Bonchev–Trinajstić information content (AvgIpc) is 2.85. The number of nitrogens with two attached hydrogens (primary N) is 1. The van der Waals surface area contributed by atoms with E-state index in [0.717, 1.165) is 16.5 Å². The molecule has 2 amide bonds. The van der Waals surface area contributed by atoms with Crippen molar-refractivity contribution in [3.8, 4) is 0 Å². The number of hydrogen-bond acceptors (Lipinski definition) is 3. The Morgan fingerprint density at radius 2 is 1.90 bits per heavy atom. The van der Waals surface area contributed by atoms with Crippen molar-refractivity contribution in [1.29, 1.82) is 0 Å². The quantitative estimate of drug-likeness (QED) is 0.575. The molecule has 100 valence electrons. The standard InChI is InChI=1S/C14H13N5O/c15-11-8-16-19-13(11)18-14(20)17-12-7-3-5-9-4-1-2-6-10(9)12/h1-8H,15H2,(H3,16,17,18,19,20). The van der Waals surface area contributed by atoms with Crippen LogP contribution in [0.25, 0.3) is 10.8 Å². The van der Waals surface area contributed by atoms with Gasteiger partial charge in [-0.15, -0.1) is 0 Å². The lowest BCUT2D eigenvalue weighted by atomic mass is 10.1. The number of fused-ring (bicyclic) bond motifs is 1. The summed E-state index contributed by atoms with van der Waals surface area (Å²) in [6.45, 7) is 0. The number of rotatable bonds is 2. The third-order valence-electron chi connectivity index (χ3n) is 2.95. The molecule has 1 aromatic heterocycles. The molecule has 0 spiro atoms. The van der Waals surface area contributed by atoms with Crippen LogP contribution >= 0.6 is 0 Å². The lowest BCUT2D eigenvalue weighted by Crippen LogP contribution is -2.20. The first kappa shape index (κ1) is 12.0. The molecule has 5 N–H and O–H groups in total. The van der Waals surface area contributed by atoms with Gasteiger partial charge in [0, 0.05) is 5.39 Å². The molecule has 0 radical (unpaired) electrons. The number of carbonyl (C=O) groups is 1. The van der Waals surface area contributed by atoms with Crippen LogP contribution in [0.15, 0.2) is 48.7 Å². The summed E-state index contributed by atoms with van der Waals surface area (Å²) < 4.78 is 0. The number of amides is 2. The van der Waals surface area contributed by atoms with E-state index in [-0.39, 0.29) is 6.03 Å². The van der Waals surface area contributed by atoms with E-state index in [1.165, 1.54) is 6.20 Å². The minimum atomic E-state index is -0.377. The highest BCUT2D eigenvalue weighted by molar-refractivity contribution is 6.06. The summed E-state index contributed by atoms with van der Waals surface area (Å²) >= 11 is 0. The Balaban J connectivity index is 1.83. The highest BCUT2D eigenvalue weighted by Crippen LogP contribution is 2.23. The molecular weight excluding hydrogens is 254 g/mol. The molecular formula is C14H13N5O. The SMILES string of the molecule is Nc1cn[nH]c1NC(=O)Nc1cccc2ccccc12. The summed E-state index contributed by atoms with van der Waals surface area (Å²) in [5, 5.41) is 13.8. The van der Waals surface area contributed by atoms with E-state index in [4.69, 9.17) is 5.73 Å². The molecule has 1 heterocycles. The van der Waals surface area contributed by atoms with Crippen molar-refractivity contribution >= 4 is 34.0 Å². The van der Waals surface area contributed by atoms with Crippen molar-refractivity contribution < 1.29 is 4.79 Å². The van der Waals surface area contributed by atoms with Gasteiger partial charge in [-0.25, -0.2) is 4.79 Å². The molecule has 0 aliphatic carbocycles. The van der Waals surface area contributed by atoms with Crippen molar-refractivity contribution in [2.75, 3.05) is 16.4 Å². The van der Waals surface area contributed by atoms with Crippen molar-refractivity contribution in [1.82, 2.24) is 10.2 Å². The van der Waals surface area contributed by atoms with Gasteiger partial charge in [0.1, 0.15) is 0 Å². The van der Waals surface area contributed by atoms with Crippen molar-refractivity contribution in [2.24, 2.45) is 0 Å². The second kappa shape index (κ2) is 4.93. The van der Waals surface area contributed by atoms with Crippen molar-refractivity contribution in [2.45, 2.75) is 0 Å². The van der Waals surface area contributed by atoms with Crippen LogP contribution in [0.5, 0.6) is 0 Å². The van der Waals surface area contributed by atoms with E-state index in [2.05, 4.69) is 20.8 Å².